The molecular formula is C15H29ClN2O. The SMILES string of the molecule is Cl.O=C(CCC1CCCCC1)NCC[C@H]1CCCN1. The average molecular weight is 289 g/mol. The normalized spacial score (nSPS) is 23.9. The first-order valence-electron chi connectivity index (χ1n) is 7.84. The Bertz CT molecular complexity index is 249. The van der Waals surface area contributed by atoms with E-state index in [1.54, 1.807) is 0 Å². The fraction of sp³-hybridized carbons (Fsp3) is 0.933. The molecule has 1 aliphatic heterocycles. The average Bonchev–Trinajstić information content (AvgIpc) is 2.91. The molecule has 0 bridgehead atoms. The van der Waals surface area contributed by atoms with Crippen LogP contribution < -0.4 is 10.6 Å². The van der Waals surface area contributed by atoms with Gasteiger partial charge in [0.1, 0.15) is 0 Å². The lowest BCUT2D eigenvalue weighted by Crippen LogP contribution is -2.30. The van der Waals surface area contributed by atoms with Crippen molar-refractivity contribution >= 4 is 18.3 Å². The van der Waals surface area contributed by atoms with E-state index in [0.717, 1.165) is 38.3 Å². The van der Waals surface area contributed by atoms with E-state index in [2.05, 4.69) is 10.6 Å². The molecule has 0 aromatic carbocycles. The molecule has 2 aliphatic rings. The molecule has 1 amide bonds. The molecule has 2 rings (SSSR count). The quantitative estimate of drug-likeness (QED) is 0.789. The van der Waals surface area contributed by atoms with Gasteiger partial charge in [-0.3, -0.25) is 4.79 Å². The first-order chi connectivity index (χ1) is 8.84. The Balaban J connectivity index is 0.00000180. The number of rotatable bonds is 6. The Morgan fingerprint density at radius 1 is 1.05 bits per heavy atom. The highest BCUT2D eigenvalue weighted by atomic mass is 35.5. The predicted octanol–water partition coefficient (Wildman–Crippen LogP) is 3.03. The molecule has 4 heteroatoms. The molecule has 3 nitrogen and oxygen atoms in total. The van der Waals surface area contributed by atoms with Gasteiger partial charge in [-0.1, -0.05) is 32.1 Å². The number of halogens is 1. The summed E-state index contributed by atoms with van der Waals surface area (Å²) in [7, 11) is 0. The van der Waals surface area contributed by atoms with Crippen molar-refractivity contribution in [2.75, 3.05) is 13.1 Å². The minimum Gasteiger partial charge on any atom is -0.356 e. The summed E-state index contributed by atoms with van der Waals surface area (Å²) < 4.78 is 0. The third kappa shape index (κ3) is 6.62. The molecule has 2 N–H and O–H groups in total. The smallest absolute Gasteiger partial charge is 0.220 e. The third-order valence-corrected chi connectivity index (χ3v) is 4.48. The van der Waals surface area contributed by atoms with E-state index in [1.165, 1.54) is 44.9 Å². The maximum absolute atomic E-state index is 11.7. The Morgan fingerprint density at radius 2 is 1.84 bits per heavy atom. The summed E-state index contributed by atoms with van der Waals surface area (Å²) in [6.45, 7) is 2.00. The fourth-order valence-corrected chi connectivity index (χ4v) is 3.29. The lowest BCUT2D eigenvalue weighted by molar-refractivity contribution is -0.121. The van der Waals surface area contributed by atoms with Gasteiger partial charge in [0.05, 0.1) is 0 Å². The van der Waals surface area contributed by atoms with Gasteiger partial charge in [-0.15, -0.1) is 12.4 Å². The van der Waals surface area contributed by atoms with Crippen molar-refractivity contribution in [3.8, 4) is 0 Å². The van der Waals surface area contributed by atoms with Crippen LogP contribution in [0.2, 0.25) is 0 Å². The number of hydrogen-bond acceptors (Lipinski definition) is 2. The number of nitrogens with one attached hydrogen (secondary N) is 2. The van der Waals surface area contributed by atoms with Crippen molar-refractivity contribution in [1.29, 1.82) is 0 Å². The zero-order valence-corrected chi connectivity index (χ0v) is 12.8. The second kappa shape index (κ2) is 9.60. The van der Waals surface area contributed by atoms with Crippen LogP contribution in [0.15, 0.2) is 0 Å². The summed E-state index contributed by atoms with van der Waals surface area (Å²) in [5.74, 6) is 1.08. The topological polar surface area (TPSA) is 41.1 Å². The second-order valence-corrected chi connectivity index (χ2v) is 5.97. The highest BCUT2D eigenvalue weighted by molar-refractivity contribution is 5.85. The molecule has 19 heavy (non-hydrogen) atoms. The van der Waals surface area contributed by atoms with Gasteiger partial charge < -0.3 is 10.6 Å². The van der Waals surface area contributed by atoms with Gasteiger partial charge >= 0.3 is 0 Å². The molecule has 0 aromatic rings. The van der Waals surface area contributed by atoms with Gasteiger partial charge in [0.15, 0.2) is 0 Å². The fourth-order valence-electron chi connectivity index (χ4n) is 3.29. The molecule has 0 radical (unpaired) electrons. The largest absolute Gasteiger partial charge is 0.356 e. The standard InChI is InChI=1S/C15H28N2O.ClH/c18-15(9-8-13-5-2-1-3-6-13)17-12-10-14-7-4-11-16-14;/h13-14,16H,1-12H2,(H,17,18);1H/t14-;/m1./s1. The zero-order valence-electron chi connectivity index (χ0n) is 12.0. The van der Waals surface area contributed by atoms with Crippen LogP contribution in [-0.2, 0) is 4.79 Å². The van der Waals surface area contributed by atoms with Crippen LogP contribution in [0, 0.1) is 5.92 Å². The summed E-state index contributed by atoms with van der Waals surface area (Å²) in [6, 6.07) is 0.642. The van der Waals surface area contributed by atoms with Gasteiger partial charge in [0.25, 0.3) is 0 Å². The molecule has 1 atom stereocenters. The molecule has 1 aliphatic carbocycles. The Labute approximate surface area is 123 Å². The van der Waals surface area contributed by atoms with E-state index in [-0.39, 0.29) is 18.3 Å². The summed E-state index contributed by atoms with van der Waals surface area (Å²) in [5, 5.41) is 6.53. The van der Waals surface area contributed by atoms with Crippen LogP contribution in [0.1, 0.15) is 64.2 Å². The predicted molar refractivity (Wildman–Crippen MR) is 81.7 cm³/mol. The van der Waals surface area contributed by atoms with Crippen molar-refractivity contribution in [3.63, 3.8) is 0 Å². The van der Waals surface area contributed by atoms with Crippen molar-refractivity contribution in [3.05, 3.63) is 0 Å². The highest BCUT2D eigenvalue weighted by Crippen LogP contribution is 2.27. The summed E-state index contributed by atoms with van der Waals surface area (Å²) >= 11 is 0. The van der Waals surface area contributed by atoms with E-state index in [0.29, 0.717) is 6.04 Å². The molecular weight excluding hydrogens is 260 g/mol. The maximum atomic E-state index is 11.7. The second-order valence-electron chi connectivity index (χ2n) is 5.97. The van der Waals surface area contributed by atoms with Gasteiger partial charge in [0, 0.05) is 19.0 Å². The lowest BCUT2D eigenvalue weighted by atomic mass is 9.86. The molecule has 2 fully saturated rings. The van der Waals surface area contributed by atoms with Crippen LogP contribution in [0.4, 0.5) is 0 Å². The molecule has 0 spiro atoms. The maximum Gasteiger partial charge on any atom is 0.220 e. The minimum atomic E-state index is 0. The first kappa shape index (κ1) is 16.8. The molecule has 0 aromatic heterocycles. The molecule has 1 heterocycles. The highest BCUT2D eigenvalue weighted by Gasteiger charge is 2.16. The molecule has 112 valence electrons. The number of hydrogen-bond donors (Lipinski definition) is 2. The van der Waals surface area contributed by atoms with E-state index in [1.807, 2.05) is 0 Å². The lowest BCUT2D eigenvalue weighted by Gasteiger charge is -2.21. The zero-order chi connectivity index (χ0) is 12.6. The number of carbonyl (C=O) groups is 1. The number of amides is 1. The van der Waals surface area contributed by atoms with Gasteiger partial charge in [-0.2, -0.15) is 0 Å². The van der Waals surface area contributed by atoms with E-state index in [9.17, 15) is 4.79 Å². The van der Waals surface area contributed by atoms with Crippen LogP contribution >= 0.6 is 12.4 Å². The van der Waals surface area contributed by atoms with Crippen molar-refractivity contribution in [2.24, 2.45) is 5.92 Å². The molecule has 0 unspecified atom stereocenters. The monoisotopic (exact) mass is 288 g/mol. The van der Waals surface area contributed by atoms with Crippen molar-refractivity contribution in [1.82, 2.24) is 10.6 Å². The number of carbonyl (C=O) groups excluding carboxylic acids is 1. The molecule has 1 saturated heterocycles. The van der Waals surface area contributed by atoms with Crippen LogP contribution in [0.25, 0.3) is 0 Å². The van der Waals surface area contributed by atoms with Crippen molar-refractivity contribution in [2.45, 2.75) is 70.3 Å². The van der Waals surface area contributed by atoms with Crippen LogP contribution in [-0.4, -0.2) is 25.0 Å². The summed E-state index contributed by atoms with van der Waals surface area (Å²) in [6.07, 6.45) is 12.3. The van der Waals surface area contributed by atoms with Crippen molar-refractivity contribution < 1.29 is 4.79 Å². The third-order valence-electron chi connectivity index (χ3n) is 4.48. The summed E-state index contributed by atoms with van der Waals surface area (Å²) in [4.78, 5) is 11.7. The van der Waals surface area contributed by atoms with Crippen LogP contribution in [0.5, 0.6) is 0 Å². The molecule has 1 saturated carbocycles. The van der Waals surface area contributed by atoms with Crippen LogP contribution in [0.3, 0.4) is 0 Å². The van der Waals surface area contributed by atoms with Gasteiger partial charge in [0.2, 0.25) is 5.91 Å². The minimum absolute atomic E-state index is 0. The van der Waals surface area contributed by atoms with E-state index in [4.69, 9.17) is 0 Å². The Morgan fingerprint density at radius 3 is 2.53 bits per heavy atom. The van der Waals surface area contributed by atoms with E-state index >= 15 is 0 Å². The Hall–Kier alpha value is -0.280. The summed E-state index contributed by atoms with van der Waals surface area (Å²) in [5.41, 5.74) is 0. The first-order valence-corrected chi connectivity index (χ1v) is 7.84. The van der Waals surface area contributed by atoms with Gasteiger partial charge in [-0.05, 0) is 38.1 Å². The van der Waals surface area contributed by atoms with E-state index < -0.39 is 0 Å². The Kier molecular flexibility index (Phi) is 8.47. The van der Waals surface area contributed by atoms with Gasteiger partial charge in [-0.25, -0.2) is 0 Å².